The summed E-state index contributed by atoms with van der Waals surface area (Å²) in [4.78, 5) is 14.3. The molecular weight excluding hydrogens is 276 g/mol. The summed E-state index contributed by atoms with van der Waals surface area (Å²) < 4.78 is 25.8. The van der Waals surface area contributed by atoms with Crippen molar-refractivity contribution in [2.45, 2.75) is 31.6 Å². The van der Waals surface area contributed by atoms with Crippen LogP contribution in [0, 0.1) is 0 Å². The van der Waals surface area contributed by atoms with Gasteiger partial charge in [0.05, 0.1) is 4.90 Å². The second kappa shape index (κ2) is 7.40. The number of hydrogen-bond donors (Lipinski definition) is 1. The van der Waals surface area contributed by atoms with Gasteiger partial charge in [-0.15, -0.1) is 0 Å². The van der Waals surface area contributed by atoms with Crippen LogP contribution in [0.15, 0.2) is 29.2 Å². The minimum absolute atomic E-state index is 0.110. The zero-order valence-electron chi connectivity index (χ0n) is 12.2. The van der Waals surface area contributed by atoms with Crippen LogP contribution in [-0.2, 0) is 10.0 Å². The number of amides is 1. The van der Waals surface area contributed by atoms with E-state index in [1.807, 2.05) is 13.8 Å². The summed E-state index contributed by atoms with van der Waals surface area (Å²) in [6.07, 6.45) is 1.75. The van der Waals surface area contributed by atoms with Gasteiger partial charge in [0.25, 0.3) is 5.91 Å². The molecule has 0 spiro atoms. The molecule has 0 aromatic heterocycles. The smallest absolute Gasteiger partial charge is 0.253 e. The predicted molar refractivity (Wildman–Crippen MR) is 79.2 cm³/mol. The number of carbonyl (C=O) groups excluding carboxylic acids is 1. The van der Waals surface area contributed by atoms with Gasteiger partial charge in [-0.05, 0) is 38.1 Å². The molecule has 0 aliphatic heterocycles. The summed E-state index contributed by atoms with van der Waals surface area (Å²) in [5, 5.41) is 0. The Morgan fingerprint density at radius 2 is 1.80 bits per heavy atom. The monoisotopic (exact) mass is 298 g/mol. The largest absolute Gasteiger partial charge is 0.339 e. The Morgan fingerprint density at radius 3 is 2.30 bits per heavy atom. The molecule has 0 aliphatic carbocycles. The molecule has 1 amide bonds. The maximum Gasteiger partial charge on any atom is 0.253 e. The van der Waals surface area contributed by atoms with Crippen LogP contribution in [0.25, 0.3) is 0 Å². The van der Waals surface area contributed by atoms with Gasteiger partial charge in [-0.25, -0.2) is 13.1 Å². The van der Waals surface area contributed by atoms with Crippen LogP contribution in [0.2, 0.25) is 0 Å². The molecule has 1 N–H and O–H groups in total. The zero-order valence-corrected chi connectivity index (χ0v) is 13.0. The number of nitrogens with zero attached hydrogens (tertiary/aromatic N) is 1. The molecule has 6 heteroatoms. The molecule has 5 nitrogen and oxygen atoms in total. The number of hydrogen-bond acceptors (Lipinski definition) is 3. The molecule has 0 unspecified atom stereocenters. The van der Waals surface area contributed by atoms with Crippen molar-refractivity contribution in [3.05, 3.63) is 29.8 Å². The molecular formula is C14H22N2O3S. The SMILES string of the molecule is CCCN(CCC)C(=O)c1cccc(S(=O)(=O)NC)c1. The summed E-state index contributed by atoms with van der Waals surface area (Å²) in [6.45, 7) is 5.38. The van der Waals surface area contributed by atoms with Gasteiger partial charge >= 0.3 is 0 Å². The van der Waals surface area contributed by atoms with E-state index < -0.39 is 10.0 Å². The normalized spacial score (nSPS) is 11.3. The van der Waals surface area contributed by atoms with Gasteiger partial charge in [0.15, 0.2) is 0 Å². The third kappa shape index (κ3) is 4.05. The lowest BCUT2D eigenvalue weighted by molar-refractivity contribution is 0.0755. The third-order valence-corrected chi connectivity index (χ3v) is 4.35. The Bertz CT molecular complexity index is 549. The molecule has 0 saturated carbocycles. The number of benzene rings is 1. The average molecular weight is 298 g/mol. The highest BCUT2D eigenvalue weighted by Crippen LogP contribution is 2.13. The molecule has 112 valence electrons. The van der Waals surface area contributed by atoms with Gasteiger partial charge in [-0.3, -0.25) is 4.79 Å². The van der Waals surface area contributed by atoms with E-state index in [-0.39, 0.29) is 10.8 Å². The summed E-state index contributed by atoms with van der Waals surface area (Å²) in [7, 11) is -2.17. The van der Waals surface area contributed by atoms with Gasteiger partial charge in [-0.1, -0.05) is 19.9 Å². The minimum atomic E-state index is -3.53. The Morgan fingerprint density at radius 1 is 1.20 bits per heavy atom. The van der Waals surface area contributed by atoms with Crippen molar-refractivity contribution in [1.82, 2.24) is 9.62 Å². The van der Waals surface area contributed by atoms with E-state index in [0.717, 1.165) is 12.8 Å². The maximum absolute atomic E-state index is 12.4. The van der Waals surface area contributed by atoms with Gasteiger partial charge in [0, 0.05) is 18.7 Å². The van der Waals surface area contributed by atoms with Crippen LogP contribution in [0.5, 0.6) is 0 Å². The number of sulfonamides is 1. The molecule has 1 rings (SSSR count). The van der Waals surface area contributed by atoms with E-state index in [1.165, 1.54) is 19.2 Å². The first-order valence-electron chi connectivity index (χ1n) is 6.79. The Hall–Kier alpha value is -1.40. The van der Waals surface area contributed by atoms with Crippen LogP contribution in [0.3, 0.4) is 0 Å². The maximum atomic E-state index is 12.4. The first-order valence-corrected chi connectivity index (χ1v) is 8.27. The zero-order chi connectivity index (χ0) is 15.2. The lowest BCUT2D eigenvalue weighted by atomic mass is 10.2. The molecule has 0 atom stereocenters. The molecule has 20 heavy (non-hydrogen) atoms. The van der Waals surface area contributed by atoms with E-state index in [9.17, 15) is 13.2 Å². The van der Waals surface area contributed by atoms with Crippen molar-refractivity contribution in [2.75, 3.05) is 20.1 Å². The van der Waals surface area contributed by atoms with Crippen LogP contribution in [0.1, 0.15) is 37.0 Å². The first kappa shape index (κ1) is 16.7. The van der Waals surface area contributed by atoms with Crippen LogP contribution in [0.4, 0.5) is 0 Å². The van der Waals surface area contributed by atoms with Crippen molar-refractivity contribution < 1.29 is 13.2 Å². The molecule has 1 aromatic carbocycles. The Kier molecular flexibility index (Phi) is 6.16. The van der Waals surface area contributed by atoms with Crippen molar-refractivity contribution in [2.24, 2.45) is 0 Å². The second-order valence-electron chi connectivity index (χ2n) is 4.53. The van der Waals surface area contributed by atoms with E-state index in [4.69, 9.17) is 0 Å². The molecule has 0 bridgehead atoms. The van der Waals surface area contributed by atoms with Crippen molar-refractivity contribution >= 4 is 15.9 Å². The van der Waals surface area contributed by atoms with Crippen molar-refractivity contribution in [1.29, 1.82) is 0 Å². The fourth-order valence-corrected chi connectivity index (χ4v) is 2.73. The molecule has 0 heterocycles. The summed E-state index contributed by atoms with van der Waals surface area (Å²) in [5.41, 5.74) is 0.406. The van der Waals surface area contributed by atoms with Gasteiger partial charge in [-0.2, -0.15) is 0 Å². The quantitative estimate of drug-likeness (QED) is 0.835. The van der Waals surface area contributed by atoms with Gasteiger partial charge < -0.3 is 4.90 Å². The van der Waals surface area contributed by atoms with Crippen LogP contribution in [-0.4, -0.2) is 39.4 Å². The molecule has 0 fully saturated rings. The van der Waals surface area contributed by atoms with E-state index in [1.54, 1.807) is 17.0 Å². The van der Waals surface area contributed by atoms with E-state index in [0.29, 0.717) is 18.7 Å². The van der Waals surface area contributed by atoms with E-state index in [2.05, 4.69) is 4.72 Å². The minimum Gasteiger partial charge on any atom is -0.339 e. The molecule has 0 saturated heterocycles. The van der Waals surface area contributed by atoms with E-state index >= 15 is 0 Å². The third-order valence-electron chi connectivity index (χ3n) is 2.93. The Labute approximate surface area is 121 Å². The first-order chi connectivity index (χ1) is 9.46. The number of nitrogens with one attached hydrogen (secondary N) is 1. The fraction of sp³-hybridized carbons (Fsp3) is 0.500. The Balaban J connectivity index is 3.07. The lowest BCUT2D eigenvalue weighted by Crippen LogP contribution is -2.32. The number of carbonyl (C=O) groups is 1. The van der Waals surface area contributed by atoms with Gasteiger partial charge in [0.1, 0.15) is 0 Å². The lowest BCUT2D eigenvalue weighted by Gasteiger charge is -2.21. The van der Waals surface area contributed by atoms with Crippen LogP contribution >= 0.6 is 0 Å². The molecule has 0 radical (unpaired) electrons. The number of rotatable bonds is 7. The average Bonchev–Trinajstić information content (AvgIpc) is 2.46. The summed E-state index contributed by atoms with van der Waals surface area (Å²) >= 11 is 0. The topological polar surface area (TPSA) is 66.5 Å². The highest BCUT2D eigenvalue weighted by atomic mass is 32.2. The predicted octanol–water partition coefficient (Wildman–Crippen LogP) is 1.86. The van der Waals surface area contributed by atoms with Crippen molar-refractivity contribution in [3.63, 3.8) is 0 Å². The highest BCUT2D eigenvalue weighted by molar-refractivity contribution is 7.89. The van der Waals surface area contributed by atoms with Gasteiger partial charge in [0.2, 0.25) is 10.0 Å². The highest BCUT2D eigenvalue weighted by Gasteiger charge is 2.17. The molecule has 0 aliphatic rings. The standard InChI is InChI=1S/C14H22N2O3S/c1-4-9-16(10-5-2)14(17)12-7-6-8-13(11-12)20(18,19)15-3/h6-8,11,15H,4-5,9-10H2,1-3H3. The second-order valence-corrected chi connectivity index (χ2v) is 6.41. The van der Waals surface area contributed by atoms with Crippen molar-refractivity contribution in [3.8, 4) is 0 Å². The molecule has 1 aromatic rings. The summed E-state index contributed by atoms with van der Waals surface area (Å²) in [6, 6.07) is 6.14. The summed E-state index contributed by atoms with van der Waals surface area (Å²) in [5.74, 6) is -0.123. The fourth-order valence-electron chi connectivity index (χ4n) is 1.95. The van der Waals surface area contributed by atoms with Crippen LogP contribution < -0.4 is 4.72 Å².